The number of amides is 2. The van der Waals surface area contributed by atoms with Gasteiger partial charge in [0.2, 0.25) is 11.8 Å². The van der Waals surface area contributed by atoms with Gasteiger partial charge in [0.15, 0.2) is 0 Å². The van der Waals surface area contributed by atoms with Crippen LogP contribution in [-0.2, 0) is 15.0 Å². The summed E-state index contributed by atoms with van der Waals surface area (Å²) < 4.78 is 0. The Kier molecular flexibility index (Phi) is 5.12. The number of hydrogen-bond donors (Lipinski definition) is 0. The first-order chi connectivity index (χ1) is 10.3. The zero-order valence-corrected chi connectivity index (χ0v) is 14.2. The number of hydrogen-bond acceptors (Lipinski definition) is 2. The largest absolute Gasteiger partial charge is 0.341 e. The second-order valence-electron chi connectivity index (χ2n) is 6.28. The average molecular weight is 323 g/mol. The number of nitrogens with zero attached hydrogens (tertiary/aromatic N) is 2. The molecule has 1 saturated heterocycles. The summed E-state index contributed by atoms with van der Waals surface area (Å²) in [6.07, 6.45) is 0.821. The third kappa shape index (κ3) is 3.61. The highest BCUT2D eigenvalue weighted by molar-refractivity contribution is 6.30. The molecule has 0 aliphatic carbocycles. The molecule has 0 aromatic heterocycles. The molecule has 0 atom stereocenters. The van der Waals surface area contributed by atoms with Crippen LogP contribution in [0.15, 0.2) is 24.3 Å². The molecule has 0 saturated carbocycles. The van der Waals surface area contributed by atoms with E-state index in [1.54, 1.807) is 6.92 Å². The molecule has 0 unspecified atom stereocenters. The van der Waals surface area contributed by atoms with Gasteiger partial charge in [0.1, 0.15) is 0 Å². The van der Waals surface area contributed by atoms with E-state index >= 15 is 0 Å². The molecule has 120 valence electrons. The Morgan fingerprint density at radius 1 is 1.00 bits per heavy atom. The molecule has 0 bridgehead atoms. The predicted octanol–water partition coefficient (Wildman–Crippen LogP) is 2.70. The maximum Gasteiger partial charge on any atom is 0.232 e. The van der Waals surface area contributed by atoms with Crippen LogP contribution >= 0.6 is 11.6 Å². The van der Waals surface area contributed by atoms with Crippen molar-refractivity contribution in [3.63, 3.8) is 0 Å². The molecule has 1 aromatic rings. The van der Waals surface area contributed by atoms with Crippen molar-refractivity contribution in [1.82, 2.24) is 9.80 Å². The predicted molar refractivity (Wildman–Crippen MR) is 87.9 cm³/mol. The van der Waals surface area contributed by atoms with Crippen LogP contribution in [0.2, 0.25) is 5.02 Å². The Morgan fingerprint density at radius 3 is 2.14 bits per heavy atom. The van der Waals surface area contributed by atoms with Crippen molar-refractivity contribution in [2.45, 2.75) is 32.6 Å². The van der Waals surface area contributed by atoms with Gasteiger partial charge in [-0.15, -0.1) is 0 Å². The third-order valence-corrected chi connectivity index (χ3v) is 4.58. The van der Waals surface area contributed by atoms with E-state index in [-0.39, 0.29) is 11.8 Å². The van der Waals surface area contributed by atoms with Crippen molar-refractivity contribution in [2.75, 3.05) is 26.2 Å². The molecule has 22 heavy (non-hydrogen) atoms. The first kappa shape index (κ1) is 16.8. The second kappa shape index (κ2) is 6.69. The molecule has 0 radical (unpaired) electrons. The highest BCUT2D eigenvalue weighted by Crippen LogP contribution is 2.27. The lowest BCUT2D eigenvalue weighted by Crippen LogP contribution is -2.45. The lowest BCUT2D eigenvalue weighted by Gasteiger charge is -2.31. The fraction of sp³-hybridized carbons (Fsp3) is 0.529. The highest BCUT2D eigenvalue weighted by atomic mass is 35.5. The third-order valence-electron chi connectivity index (χ3n) is 4.33. The minimum atomic E-state index is -0.601. The van der Waals surface area contributed by atoms with Gasteiger partial charge in [0, 0.05) is 38.1 Å². The van der Waals surface area contributed by atoms with Gasteiger partial charge >= 0.3 is 0 Å². The van der Waals surface area contributed by atoms with Gasteiger partial charge in [-0.1, -0.05) is 23.7 Å². The molecule has 0 N–H and O–H groups in total. The Hall–Kier alpha value is -1.55. The highest BCUT2D eigenvalue weighted by Gasteiger charge is 2.34. The average Bonchev–Trinajstić information content (AvgIpc) is 2.72. The quantitative estimate of drug-likeness (QED) is 0.840. The van der Waals surface area contributed by atoms with Crippen LogP contribution in [0.3, 0.4) is 0 Å². The van der Waals surface area contributed by atoms with Gasteiger partial charge < -0.3 is 9.80 Å². The summed E-state index contributed by atoms with van der Waals surface area (Å²) in [5.41, 5.74) is 0.352. The summed E-state index contributed by atoms with van der Waals surface area (Å²) in [5, 5.41) is 0.666. The number of rotatable bonds is 2. The van der Waals surface area contributed by atoms with E-state index in [0.29, 0.717) is 24.7 Å². The number of benzene rings is 1. The molecule has 1 aliphatic rings. The van der Waals surface area contributed by atoms with Crippen molar-refractivity contribution >= 4 is 23.4 Å². The standard InChI is InChI=1S/C17H23ClN2O2/c1-13(21)19-9-4-10-20(12-11-19)16(22)17(2,3)14-5-7-15(18)8-6-14/h5-8H,4,9-12H2,1-3H3. The summed E-state index contributed by atoms with van der Waals surface area (Å²) in [6, 6.07) is 7.43. The SMILES string of the molecule is CC(=O)N1CCCN(C(=O)C(C)(C)c2ccc(Cl)cc2)CC1. The van der Waals surface area contributed by atoms with Gasteiger partial charge in [-0.05, 0) is 38.0 Å². The molecule has 0 spiro atoms. The fourth-order valence-electron chi connectivity index (χ4n) is 2.82. The monoisotopic (exact) mass is 322 g/mol. The molecular formula is C17H23ClN2O2. The summed E-state index contributed by atoms with van der Waals surface area (Å²) >= 11 is 5.92. The van der Waals surface area contributed by atoms with Gasteiger partial charge in [-0.2, -0.15) is 0 Å². The topological polar surface area (TPSA) is 40.6 Å². The van der Waals surface area contributed by atoms with E-state index in [1.165, 1.54) is 0 Å². The van der Waals surface area contributed by atoms with Crippen LogP contribution in [0, 0.1) is 0 Å². The van der Waals surface area contributed by atoms with Gasteiger partial charge in [0.25, 0.3) is 0 Å². The molecule has 1 aliphatic heterocycles. The maximum absolute atomic E-state index is 12.9. The summed E-state index contributed by atoms with van der Waals surface area (Å²) in [4.78, 5) is 28.1. The first-order valence-electron chi connectivity index (χ1n) is 7.63. The fourth-order valence-corrected chi connectivity index (χ4v) is 2.95. The van der Waals surface area contributed by atoms with Crippen LogP contribution in [0.4, 0.5) is 0 Å². The Bertz CT molecular complexity index is 554. The van der Waals surface area contributed by atoms with Gasteiger partial charge in [-0.3, -0.25) is 9.59 Å². The Morgan fingerprint density at radius 2 is 1.55 bits per heavy atom. The van der Waals surface area contributed by atoms with E-state index in [1.807, 2.05) is 47.9 Å². The zero-order valence-electron chi connectivity index (χ0n) is 13.4. The molecule has 1 fully saturated rings. The van der Waals surface area contributed by atoms with Crippen LogP contribution in [0.5, 0.6) is 0 Å². The Labute approximate surface area is 137 Å². The molecule has 5 heteroatoms. The van der Waals surface area contributed by atoms with Gasteiger partial charge in [0.05, 0.1) is 5.41 Å². The van der Waals surface area contributed by atoms with E-state index < -0.39 is 5.41 Å². The first-order valence-corrected chi connectivity index (χ1v) is 8.01. The van der Waals surface area contributed by atoms with Gasteiger partial charge in [-0.25, -0.2) is 0 Å². The second-order valence-corrected chi connectivity index (χ2v) is 6.72. The van der Waals surface area contributed by atoms with E-state index in [0.717, 1.165) is 18.5 Å². The maximum atomic E-state index is 12.9. The lowest BCUT2D eigenvalue weighted by molar-refractivity contribution is -0.136. The molecule has 1 heterocycles. The van der Waals surface area contributed by atoms with Crippen molar-refractivity contribution < 1.29 is 9.59 Å². The number of carbonyl (C=O) groups excluding carboxylic acids is 2. The zero-order chi connectivity index (χ0) is 16.3. The summed E-state index contributed by atoms with van der Waals surface area (Å²) in [6.45, 7) is 8.07. The molecular weight excluding hydrogens is 300 g/mol. The lowest BCUT2D eigenvalue weighted by atomic mass is 9.83. The summed E-state index contributed by atoms with van der Waals surface area (Å²) in [5.74, 6) is 0.173. The van der Waals surface area contributed by atoms with E-state index in [4.69, 9.17) is 11.6 Å². The molecule has 1 aromatic carbocycles. The van der Waals surface area contributed by atoms with Crippen molar-refractivity contribution in [3.8, 4) is 0 Å². The molecule has 4 nitrogen and oxygen atoms in total. The van der Waals surface area contributed by atoms with Crippen molar-refractivity contribution in [2.24, 2.45) is 0 Å². The summed E-state index contributed by atoms with van der Waals surface area (Å²) in [7, 11) is 0. The molecule has 2 rings (SSSR count). The normalized spacial score (nSPS) is 16.4. The number of carbonyl (C=O) groups is 2. The molecule has 2 amide bonds. The van der Waals surface area contributed by atoms with E-state index in [2.05, 4.69) is 0 Å². The van der Waals surface area contributed by atoms with Crippen molar-refractivity contribution in [3.05, 3.63) is 34.9 Å². The van der Waals surface area contributed by atoms with E-state index in [9.17, 15) is 9.59 Å². The van der Waals surface area contributed by atoms with Crippen LogP contribution in [0.25, 0.3) is 0 Å². The van der Waals surface area contributed by atoms with Crippen molar-refractivity contribution in [1.29, 1.82) is 0 Å². The number of halogens is 1. The van der Waals surface area contributed by atoms with Crippen LogP contribution in [0.1, 0.15) is 32.8 Å². The minimum Gasteiger partial charge on any atom is -0.341 e. The smallest absolute Gasteiger partial charge is 0.232 e. The van der Waals surface area contributed by atoms with Crippen LogP contribution in [-0.4, -0.2) is 47.8 Å². The van der Waals surface area contributed by atoms with Crippen LogP contribution < -0.4 is 0 Å². The Balaban J connectivity index is 2.12. The minimum absolute atomic E-state index is 0.0752.